The molecule has 1 saturated heterocycles. The minimum Gasteiger partial charge on any atom is -0.392 e. The van der Waals surface area contributed by atoms with E-state index in [0.29, 0.717) is 12.5 Å². The predicted molar refractivity (Wildman–Crippen MR) is 96.3 cm³/mol. The van der Waals surface area contributed by atoms with Crippen molar-refractivity contribution in [3.05, 3.63) is 69.1 Å². The monoisotopic (exact) mass is 343 g/mol. The minimum absolute atomic E-state index is 0.112. The van der Waals surface area contributed by atoms with Crippen molar-refractivity contribution in [3.8, 4) is 0 Å². The van der Waals surface area contributed by atoms with Gasteiger partial charge in [-0.25, -0.2) is 0 Å². The quantitative estimate of drug-likeness (QED) is 0.657. The van der Waals surface area contributed by atoms with Crippen molar-refractivity contribution in [2.45, 2.75) is 32.4 Å². The largest absolute Gasteiger partial charge is 0.392 e. The molecule has 1 aliphatic carbocycles. The summed E-state index contributed by atoms with van der Waals surface area (Å²) in [6, 6.07) is 10.9. The first-order valence-electron chi connectivity index (χ1n) is 8.76. The summed E-state index contributed by atoms with van der Waals surface area (Å²) in [5.74, 6) is 0. The zero-order chi connectivity index (χ0) is 17.8. The summed E-state index contributed by atoms with van der Waals surface area (Å²) in [4.78, 5) is 15.4. The van der Waals surface area contributed by atoms with Gasteiger partial charge in [0.05, 0.1) is 18.0 Å². The average Bonchev–Trinajstić information content (AvgIpc) is 2.63. The Morgan fingerprint density at radius 3 is 2.68 bits per heavy atom. The number of benzene rings is 1. The maximum Gasteiger partial charge on any atom is 0.246 e. The fraction of sp³-hybridized carbons (Fsp3) is 0.474. The van der Waals surface area contributed by atoms with E-state index in [0.717, 1.165) is 37.4 Å². The Labute approximate surface area is 148 Å². The van der Waals surface area contributed by atoms with E-state index in [2.05, 4.69) is 41.0 Å². The summed E-state index contributed by atoms with van der Waals surface area (Å²) in [6.45, 7) is 5.76. The van der Waals surface area contributed by atoms with E-state index in [4.69, 9.17) is 0 Å². The van der Waals surface area contributed by atoms with Crippen molar-refractivity contribution in [2.75, 3.05) is 26.2 Å². The molecule has 1 aromatic carbocycles. The van der Waals surface area contributed by atoms with Crippen molar-refractivity contribution in [3.63, 3.8) is 0 Å². The Balaban J connectivity index is 1.65. The molecule has 134 valence electrons. The summed E-state index contributed by atoms with van der Waals surface area (Å²) in [7, 11) is 0. The van der Waals surface area contributed by atoms with Crippen LogP contribution < -0.4 is 0 Å². The number of nitro groups is 1. The third-order valence-corrected chi connectivity index (χ3v) is 5.13. The first kappa shape index (κ1) is 17.6. The van der Waals surface area contributed by atoms with Crippen LogP contribution in [0.25, 0.3) is 0 Å². The van der Waals surface area contributed by atoms with Crippen molar-refractivity contribution >= 4 is 0 Å². The van der Waals surface area contributed by atoms with E-state index < -0.39 is 0 Å². The molecule has 1 N–H and O–H groups in total. The van der Waals surface area contributed by atoms with Gasteiger partial charge in [-0.15, -0.1) is 0 Å². The lowest BCUT2D eigenvalue weighted by atomic mass is 9.98. The number of rotatable bonds is 5. The van der Waals surface area contributed by atoms with E-state index in [9.17, 15) is 15.2 Å². The Morgan fingerprint density at radius 2 is 2.04 bits per heavy atom. The molecule has 1 aliphatic heterocycles. The number of aliphatic hydroxyl groups is 1. The Hall–Kier alpha value is -2.18. The van der Waals surface area contributed by atoms with Gasteiger partial charge in [-0.1, -0.05) is 30.3 Å². The van der Waals surface area contributed by atoms with Gasteiger partial charge in [-0.3, -0.25) is 15.0 Å². The van der Waals surface area contributed by atoms with Crippen LogP contribution in [0.1, 0.15) is 25.3 Å². The maximum absolute atomic E-state index is 11.0. The molecule has 0 saturated carbocycles. The van der Waals surface area contributed by atoms with E-state index in [1.807, 2.05) is 6.07 Å². The summed E-state index contributed by atoms with van der Waals surface area (Å²) in [6.07, 6.45) is 2.48. The first-order valence-corrected chi connectivity index (χ1v) is 8.76. The first-order chi connectivity index (χ1) is 12.1. The highest BCUT2D eigenvalue weighted by molar-refractivity contribution is 5.27. The van der Waals surface area contributed by atoms with E-state index in [1.54, 1.807) is 6.08 Å². The molecule has 6 nitrogen and oxygen atoms in total. The fourth-order valence-electron chi connectivity index (χ4n) is 3.68. The third-order valence-electron chi connectivity index (χ3n) is 5.13. The molecule has 1 aromatic rings. The van der Waals surface area contributed by atoms with E-state index >= 15 is 0 Å². The molecule has 0 bridgehead atoms. The van der Waals surface area contributed by atoms with Gasteiger partial charge in [-0.2, -0.15) is 0 Å². The summed E-state index contributed by atoms with van der Waals surface area (Å²) < 4.78 is 0. The lowest BCUT2D eigenvalue weighted by molar-refractivity contribution is -0.427. The maximum atomic E-state index is 11.0. The highest BCUT2D eigenvalue weighted by atomic mass is 16.6. The number of hydrogen-bond acceptors (Lipinski definition) is 5. The topological polar surface area (TPSA) is 69.8 Å². The highest BCUT2D eigenvalue weighted by Crippen LogP contribution is 2.29. The molecule has 2 aliphatic rings. The van der Waals surface area contributed by atoms with Crippen LogP contribution in [0.3, 0.4) is 0 Å². The van der Waals surface area contributed by atoms with Crippen LogP contribution in [0.2, 0.25) is 0 Å². The molecule has 0 amide bonds. The fourth-order valence-corrected chi connectivity index (χ4v) is 3.68. The normalized spacial score (nSPS) is 22.1. The highest BCUT2D eigenvalue weighted by Gasteiger charge is 2.29. The van der Waals surface area contributed by atoms with Crippen LogP contribution in [0.4, 0.5) is 0 Å². The van der Waals surface area contributed by atoms with Crippen LogP contribution in [0.15, 0.2) is 53.4 Å². The Morgan fingerprint density at radius 1 is 1.28 bits per heavy atom. The average molecular weight is 343 g/mol. The second-order valence-electron chi connectivity index (χ2n) is 6.79. The Bertz CT molecular complexity index is 684. The van der Waals surface area contributed by atoms with Gasteiger partial charge in [0.25, 0.3) is 0 Å². The molecule has 25 heavy (non-hydrogen) atoms. The van der Waals surface area contributed by atoms with Gasteiger partial charge in [0.2, 0.25) is 5.70 Å². The molecule has 0 aromatic heterocycles. The molecule has 1 atom stereocenters. The molecule has 0 radical (unpaired) electrons. The number of allylic oxidation sites excluding steroid dienone is 2. The second kappa shape index (κ2) is 7.80. The molecule has 0 spiro atoms. The summed E-state index contributed by atoms with van der Waals surface area (Å²) in [5.41, 5.74) is 3.37. The van der Waals surface area contributed by atoms with Gasteiger partial charge >= 0.3 is 0 Å². The smallest absolute Gasteiger partial charge is 0.246 e. The number of aliphatic hydroxyl groups excluding tert-OH is 1. The molecule has 6 heteroatoms. The van der Waals surface area contributed by atoms with Gasteiger partial charge in [0.15, 0.2) is 0 Å². The zero-order valence-corrected chi connectivity index (χ0v) is 14.6. The van der Waals surface area contributed by atoms with E-state index in [-0.39, 0.29) is 23.6 Å². The van der Waals surface area contributed by atoms with Crippen molar-refractivity contribution in [2.24, 2.45) is 0 Å². The van der Waals surface area contributed by atoms with Crippen LogP contribution in [0.5, 0.6) is 0 Å². The van der Waals surface area contributed by atoms with Crippen LogP contribution in [-0.2, 0) is 6.54 Å². The molecular weight excluding hydrogens is 318 g/mol. The van der Waals surface area contributed by atoms with Gasteiger partial charge in [0, 0.05) is 44.3 Å². The molecular formula is C19H25N3O3. The summed E-state index contributed by atoms with van der Waals surface area (Å²) >= 11 is 0. The van der Waals surface area contributed by atoms with Gasteiger partial charge < -0.3 is 10.0 Å². The van der Waals surface area contributed by atoms with Crippen molar-refractivity contribution in [1.82, 2.24) is 9.80 Å². The van der Waals surface area contributed by atoms with Crippen LogP contribution in [-0.4, -0.2) is 52.1 Å². The predicted octanol–water partition coefficient (Wildman–Crippen LogP) is 2.39. The number of nitrogens with zero attached hydrogens (tertiary/aromatic N) is 3. The lowest BCUT2D eigenvalue weighted by Crippen LogP contribution is -2.51. The van der Waals surface area contributed by atoms with E-state index in [1.165, 1.54) is 5.56 Å². The van der Waals surface area contributed by atoms with Crippen LogP contribution in [0, 0.1) is 10.1 Å². The zero-order valence-electron chi connectivity index (χ0n) is 14.6. The molecule has 3 rings (SSSR count). The SMILES string of the molecule is CC1CN(C2=C(CO)CC([N+](=O)[O-])=CC2)CCN1Cc1ccccc1. The molecule has 1 fully saturated rings. The van der Waals surface area contributed by atoms with Crippen molar-refractivity contribution < 1.29 is 10.0 Å². The lowest BCUT2D eigenvalue weighted by Gasteiger charge is -2.43. The summed E-state index contributed by atoms with van der Waals surface area (Å²) in [5, 5.41) is 20.6. The Kier molecular flexibility index (Phi) is 5.50. The number of piperazine rings is 1. The van der Waals surface area contributed by atoms with Gasteiger partial charge in [-0.05, 0) is 24.1 Å². The second-order valence-corrected chi connectivity index (χ2v) is 6.79. The third kappa shape index (κ3) is 4.08. The standard InChI is InChI=1S/C19H25N3O3/c1-15-12-21(10-9-20(15)13-16-5-3-2-4-6-16)19-8-7-18(22(24)25)11-17(19)14-23/h2-7,15,23H,8-14H2,1H3. The number of hydrogen-bond donors (Lipinski definition) is 1. The van der Waals surface area contributed by atoms with Crippen molar-refractivity contribution in [1.29, 1.82) is 0 Å². The molecule has 1 heterocycles. The minimum atomic E-state index is -0.340. The van der Waals surface area contributed by atoms with Gasteiger partial charge in [0.1, 0.15) is 0 Å². The molecule has 1 unspecified atom stereocenters. The van der Waals surface area contributed by atoms with Crippen LogP contribution >= 0.6 is 0 Å².